The molecule has 4 heteroatoms. The van der Waals surface area contributed by atoms with Crippen molar-refractivity contribution >= 4 is 17.8 Å². The molecular weight excluding hydrogens is 169 g/mol. The van der Waals surface area contributed by atoms with Crippen molar-refractivity contribution in [1.29, 1.82) is 0 Å². The molecule has 0 radical (unpaired) electrons. The molecule has 0 aliphatic heterocycles. The van der Waals surface area contributed by atoms with E-state index in [0.717, 1.165) is 12.3 Å². The van der Waals surface area contributed by atoms with Crippen molar-refractivity contribution in [2.45, 2.75) is 0 Å². The Bertz CT molecular complexity index is 288. The Kier molecular flexibility index (Phi) is 2.44. The van der Waals surface area contributed by atoms with Crippen LogP contribution in [0.1, 0.15) is 5.56 Å². The largest absolute Gasteiger partial charge is 0.411 e. The summed E-state index contributed by atoms with van der Waals surface area (Å²) in [7, 11) is 0. The van der Waals surface area contributed by atoms with E-state index in [-0.39, 0.29) is 5.02 Å². The molecule has 0 amide bonds. The van der Waals surface area contributed by atoms with E-state index in [9.17, 15) is 4.39 Å². The molecule has 1 N–H and O–H groups in total. The van der Waals surface area contributed by atoms with Gasteiger partial charge in [-0.25, -0.2) is 4.39 Å². The van der Waals surface area contributed by atoms with E-state index in [4.69, 9.17) is 16.8 Å². The molecule has 0 unspecified atom stereocenters. The molecule has 0 saturated carbocycles. The summed E-state index contributed by atoms with van der Waals surface area (Å²) in [5.41, 5.74) is 0.482. The second-order valence-corrected chi connectivity index (χ2v) is 2.32. The van der Waals surface area contributed by atoms with E-state index < -0.39 is 5.82 Å². The molecule has 0 fully saturated rings. The van der Waals surface area contributed by atoms with Gasteiger partial charge in [-0.15, -0.1) is 0 Å². The summed E-state index contributed by atoms with van der Waals surface area (Å²) in [6.45, 7) is 0. The lowest BCUT2D eigenvalue weighted by atomic mass is 10.2. The predicted octanol–water partition coefficient (Wildman–Crippen LogP) is 2.29. The maximum absolute atomic E-state index is 12.4. The molecule has 0 saturated heterocycles. The van der Waals surface area contributed by atoms with E-state index in [0.29, 0.717) is 5.56 Å². The van der Waals surface area contributed by atoms with Crippen LogP contribution >= 0.6 is 11.6 Å². The summed E-state index contributed by atoms with van der Waals surface area (Å²) in [6.07, 6.45) is 1.14. The monoisotopic (exact) mass is 173 g/mol. The maximum atomic E-state index is 12.4. The van der Waals surface area contributed by atoms with Gasteiger partial charge in [0.25, 0.3) is 0 Å². The lowest BCUT2D eigenvalue weighted by molar-refractivity contribution is 0.322. The fourth-order valence-electron chi connectivity index (χ4n) is 0.668. The zero-order valence-corrected chi connectivity index (χ0v) is 6.22. The van der Waals surface area contributed by atoms with Gasteiger partial charge in [0.1, 0.15) is 5.82 Å². The Labute approximate surface area is 67.9 Å². The number of hydrogen-bond acceptors (Lipinski definition) is 2. The molecule has 0 bridgehead atoms. The Hall–Kier alpha value is -1.09. The van der Waals surface area contributed by atoms with Crippen LogP contribution in [0, 0.1) is 5.82 Å². The molecule has 0 aliphatic carbocycles. The summed E-state index contributed by atoms with van der Waals surface area (Å²) >= 11 is 5.57. The van der Waals surface area contributed by atoms with Crippen LogP contribution < -0.4 is 0 Å². The standard InChI is InChI=1S/C7H5ClFNO/c8-7-3-6(9)2-1-5(7)4-10-11/h1-4,11H/b10-4-. The molecule has 2 nitrogen and oxygen atoms in total. The van der Waals surface area contributed by atoms with Gasteiger partial charge < -0.3 is 5.21 Å². The number of rotatable bonds is 1. The minimum Gasteiger partial charge on any atom is -0.411 e. The second-order valence-electron chi connectivity index (χ2n) is 1.91. The van der Waals surface area contributed by atoms with Crippen molar-refractivity contribution < 1.29 is 9.60 Å². The third-order valence-electron chi connectivity index (χ3n) is 1.16. The average Bonchev–Trinajstić information content (AvgIpc) is 1.95. The van der Waals surface area contributed by atoms with Crippen LogP contribution in [0.5, 0.6) is 0 Å². The highest BCUT2D eigenvalue weighted by atomic mass is 35.5. The van der Waals surface area contributed by atoms with Crippen LogP contribution in [-0.4, -0.2) is 11.4 Å². The van der Waals surface area contributed by atoms with Gasteiger partial charge in [0, 0.05) is 5.56 Å². The molecule has 1 aromatic carbocycles. The number of nitrogens with zero attached hydrogens (tertiary/aromatic N) is 1. The molecule has 1 rings (SSSR count). The van der Waals surface area contributed by atoms with Crippen LogP contribution in [0.25, 0.3) is 0 Å². The van der Waals surface area contributed by atoms with Crippen molar-refractivity contribution in [2.75, 3.05) is 0 Å². The molecule has 1 aromatic rings. The minimum atomic E-state index is -0.412. The first kappa shape index (κ1) is 8.01. The van der Waals surface area contributed by atoms with Gasteiger partial charge in [0.2, 0.25) is 0 Å². The molecule has 0 atom stereocenters. The maximum Gasteiger partial charge on any atom is 0.124 e. The highest BCUT2D eigenvalue weighted by Crippen LogP contribution is 2.14. The first-order chi connectivity index (χ1) is 5.24. The Morgan fingerprint density at radius 1 is 1.55 bits per heavy atom. The van der Waals surface area contributed by atoms with Crippen molar-refractivity contribution in [3.63, 3.8) is 0 Å². The summed E-state index contributed by atoms with van der Waals surface area (Å²) < 4.78 is 12.4. The SMILES string of the molecule is O/N=C\c1ccc(F)cc1Cl. The zero-order valence-electron chi connectivity index (χ0n) is 5.46. The van der Waals surface area contributed by atoms with Gasteiger partial charge in [0.05, 0.1) is 11.2 Å². The Balaban J connectivity index is 3.09. The van der Waals surface area contributed by atoms with Crippen LogP contribution in [0.15, 0.2) is 23.4 Å². The first-order valence-corrected chi connectivity index (χ1v) is 3.24. The normalized spacial score (nSPS) is 10.7. The van der Waals surface area contributed by atoms with Crippen molar-refractivity contribution in [3.05, 3.63) is 34.6 Å². The van der Waals surface area contributed by atoms with Crippen LogP contribution in [0.4, 0.5) is 4.39 Å². The van der Waals surface area contributed by atoms with Gasteiger partial charge in [-0.1, -0.05) is 16.8 Å². The van der Waals surface area contributed by atoms with Crippen molar-refractivity contribution in [3.8, 4) is 0 Å². The van der Waals surface area contributed by atoms with Crippen LogP contribution in [-0.2, 0) is 0 Å². The van der Waals surface area contributed by atoms with E-state index >= 15 is 0 Å². The minimum absolute atomic E-state index is 0.225. The summed E-state index contributed by atoms with van der Waals surface area (Å²) in [4.78, 5) is 0. The van der Waals surface area contributed by atoms with Crippen molar-refractivity contribution in [1.82, 2.24) is 0 Å². The Morgan fingerprint density at radius 3 is 2.82 bits per heavy atom. The summed E-state index contributed by atoms with van der Waals surface area (Å²) in [6, 6.07) is 3.82. The molecule has 58 valence electrons. The second kappa shape index (κ2) is 3.34. The van der Waals surface area contributed by atoms with E-state index in [1.54, 1.807) is 0 Å². The quantitative estimate of drug-likeness (QED) is 0.395. The lowest BCUT2D eigenvalue weighted by Gasteiger charge is -1.94. The number of oxime groups is 1. The number of benzene rings is 1. The molecule has 0 spiro atoms. The highest BCUT2D eigenvalue weighted by Gasteiger charge is 1.97. The first-order valence-electron chi connectivity index (χ1n) is 2.86. The van der Waals surface area contributed by atoms with Crippen LogP contribution in [0.2, 0.25) is 5.02 Å². The van der Waals surface area contributed by atoms with Gasteiger partial charge in [-0.2, -0.15) is 0 Å². The van der Waals surface area contributed by atoms with E-state index in [1.165, 1.54) is 12.1 Å². The lowest BCUT2D eigenvalue weighted by Crippen LogP contribution is -1.83. The Morgan fingerprint density at radius 2 is 2.27 bits per heavy atom. The predicted molar refractivity (Wildman–Crippen MR) is 40.8 cm³/mol. The molecule has 11 heavy (non-hydrogen) atoms. The fourth-order valence-corrected chi connectivity index (χ4v) is 0.884. The van der Waals surface area contributed by atoms with Gasteiger partial charge in [-0.3, -0.25) is 0 Å². The third-order valence-corrected chi connectivity index (χ3v) is 1.49. The number of hydrogen-bond donors (Lipinski definition) is 1. The molecule has 0 aromatic heterocycles. The summed E-state index contributed by atoms with van der Waals surface area (Å²) in [5, 5.41) is 11.1. The van der Waals surface area contributed by atoms with Gasteiger partial charge in [0.15, 0.2) is 0 Å². The van der Waals surface area contributed by atoms with E-state index in [2.05, 4.69) is 5.16 Å². The number of halogens is 2. The zero-order chi connectivity index (χ0) is 8.27. The van der Waals surface area contributed by atoms with E-state index in [1.807, 2.05) is 0 Å². The highest BCUT2D eigenvalue weighted by molar-refractivity contribution is 6.33. The topological polar surface area (TPSA) is 32.6 Å². The third kappa shape index (κ3) is 1.91. The van der Waals surface area contributed by atoms with Crippen molar-refractivity contribution in [2.24, 2.45) is 5.16 Å². The molecule has 0 heterocycles. The fraction of sp³-hybridized carbons (Fsp3) is 0. The summed E-state index contributed by atoms with van der Waals surface area (Å²) in [5.74, 6) is -0.412. The van der Waals surface area contributed by atoms with Crippen LogP contribution in [0.3, 0.4) is 0 Å². The average molecular weight is 174 g/mol. The van der Waals surface area contributed by atoms with Gasteiger partial charge >= 0.3 is 0 Å². The smallest absolute Gasteiger partial charge is 0.124 e. The molecule has 0 aliphatic rings. The van der Waals surface area contributed by atoms with Gasteiger partial charge in [-0.05, 0) is 18.2 Å². The molecular formula is C7H5ClFNO.